The maximum Gasteiger partial charge on any atom is 0.254 e. The van der Waals surface area contributed by atoms with Crippen molar-refractivity contribution in [3.63, 3.8) is 0 Å². The molecule has 7 heteroatoms. The van der Waals surface area contributed by atoms with Gasteiger partial charge < -0.3 is 5.73 Å². The summed E-state index contributed by atoms with van der Waals surface area (Å²) < 4.78 is 1.66. The van der Waals surface area contributed by atoms with E-state index in [-0.39, 0.29) is 0 Å². The van der Waals surface area contributed by atoms with Crippen molar-refractivity contribution >= 4 is 34.8 Å². The summed E-state index contributed by atoms with van der Waals surface area (Å²) in [5.41, 5.74) is 9.13. The molecule has 0 radical (unpaired) electrons. The first-order valence-electron chi connectivity index (χ1n) is 5.93. The molecule has 0 aliphatic carbocycles. The zero-order valence-corrected chi connectivity index (χ0v) is 12.5. The Bertz CT molecular complexity index is 799. The second-order valence-corrected chi connectivity index (χ2v) is 5.49. The lowest BCUT2D eigenvalue weighted by molar-refractivity contribution is 0.852. The summed E-state index contributed by atoms with van der Waals surface area (Å²) in [5.74, 6) is 0.538. The van der Waals surface area contributed by atoms with Gasteiger partial charge in [-0.2, -0.15) is 9.50 Å². The molecule has 0 spiro atoms. The van der Waals surface area contributed by atoms with Gasteiger partial charge in [0.2, 0.25) is 5.16 Å². The van der Waals surface area contributed by atoms with Crippen LogP contribution in [0.25, 0.3) is 17.0 Å². The average Bonchev–Trinajstić information content (AvgIpc) is 2.86. The number of nitrogens with two attached hydrogens (primary N) is 1. The van der Waals surface area contributed by atoms with Crippen LogP contribution in [-0.2, 0) is 0 Å². The minimum absolute atomic E-state index is 0.538. The molecule has 0 fully saturated rings. The highest BCUT2D eigenvalue weighted by atomic mass is 35.5. The number of hydrogen-bond acceptors (Lipinski definition) is 5. The fourth-order valence-electron chi connectivity index (χ4n) is 1.97. The van der Waals surface area contributed by atoms with E-state index in [0.29, 0.717) is 27.3 Å². The molecule has 0 saturated heterocycles. The van der Waals surface area contributed by atoms with Gasteiger partial charge >= 0.3 is 0 Å². The van der Waals surface area contributed by atoms with Gasteiger partial charge in [0, 0.05) is 10.6 Å². The second kappa shape index (κ2) is 4.96. The monoisotopic (exact) mass is 305 g/mol. The number of benzene rings is 1. The van der Waals surface area contributed by atoms with Crippen molar-refractivity contribution in [2.45, 2.75) is 12.1 Å². The van der Waals surface area contributed by atoms with Crippen molar-refractivity contribution in [3.8, 4) is 11.3 Å². The predicted molar refractivity (Wildman–Crippen MR) is 82.2 cm³/mol. The van der Waals surface area contributed by atoms with Crippen molar-refractivity contribution in [1.29, 1.82) is 0 Å². The first-order valence-corrected chi connectivity index (χ1v) is 7.53. The number of fused-ring (bicyclic) bond motifs is 1. The van der Waals surface area contributed by atoms with Crippen LogP contribution in [-0.4, -0.2) is 25.8 Å². The van der Waals surface area contributed by atoms with Gasteiger partial charge in [0.1, 0.15) is 0 Å². The average molecular weight is 306 g/mol. The highest BCUT2D eigenvalue weighted by molar-refractivity contribution is 7.98. The Labute approximate surface area is 125 Å². The van der Waals surface area contributed by atoms with E-state index in [1.54, 1.807) is 4.52 Å². The number of hydrogen-bond donors (Lipinski definition) is 1. The zero-order chi connectivity index (χ0) is 14.3. The minimum Gasteiger partial charge on any atom is -0.395 e. The highest BCUT2D eigenvalue weighted by Crippen LogP contribution is 2.29. The van der Waals surface area contributed by atoms with Crippen LogP contribution in [0.1, 0.15) is 5.69 Å². The van der Waals surface area contributed by atoms with E-state index in [9.17, 15) is 0 Å². The molecular weight excluding hydrogens is 294 g/mol. The molecule has 0 unspecified atom stereocenters. The van der Waals surface area contributed by atoms with Gasteiger partial charge in [-0.3, -0.25) is 0 Å². The second-order valence-electron chi connectivity index (χ2n) is 4.28. The number of nitrogens with zero attached hydrogens (tertiary/aromatic N) is 4. The number of rotatable bonds is 2. The number of halogens is 1. The quantitative estimate of drug-likeness (QED) is 0.737. The predicted octanol–water partition coefficient (Wildman–Crippen LogP) is 3.06. The molecule has 0 atom stereocenters. The Morgan fingerprint density at radius 1 is 1.30 bits per heavy atom. The van der Waals surface area contributed by atoms with E-state index in [0.717, 1.165) is 11.3 Å². The van der Waals surface area contributed by atoms with E-state index >= 15 is 0 Å². The van der Waals surface area contributed by atoms with E-state index in [1.165, 1.54) is 11.8 Å². The third-order valence-electron chi connectivity index (χ3n) is 3.03. The van der Waals surface area contributed by atoms with Gasteiger partial charge in [0.05, 0.1) is 17.1 Å². The summed E-state index contributed by atoms with van der Waals surface area (Å²) in [6, 6.07) is 7.44. The molecule has 3 aromatic rings. The van der Waals surface area contributed by atoms with Crippen LogP contribution in [0.5, 0.6) is 0 Å². The minimum atomic E-state index is 0.538. The highest BCUT2D eigenvalue weighted by Gasteiger charge is 2.14. The molecule has 2 aromatic heterocycles. The van der Waals surface area contributed by atoms with Crippen LogP contribution in [0.15, 0.2) is 29.4 Å². The van der Waals surface area contributed by atoms with Crippen LogP contribution in [0.4, 0.5) is 5.69 Å². The number of thioether (sulfide) groups is 1. The normalized spacial score (nSPS) is 11.2. The molecular formula is C13H12ClN5S. The van der Waals surface area contributed by atoms with Crippen LogP contribution >= 0.6 is 23.4 Å². The largest absolute Gasteiger partial charge is 0.395 e. The lowest BCUT2D eigenvalue weighted by Gasteiger charge is -2.09. The Balaban J connectivity index is 2.28. The number of aryl methyl sites for hydroxylation is 1. The Morgan fingerprint density at radius 3 is 2.80 bits per heavy atom. The van der Waals surface area contributed by atoms with Crippen LogP contribution in [0, 0.1) is 6.92 Å². The Morgan fingerprint density at radius 2 is 2.10 bits per heavy atom. The maximum atomic E-state index is 6.18. The Kier molecular flexibility index (Phi) is 3.27. The molecule has 0 saturated carbocycles. The van der Waals surface area contributed by atoms with E-state index in [1.807, 2.05) is 37.4 Å². The lowest BCUT2D eigenvalue weighted by Crippen LogP contribution is -2.05. The molecule has 20 heavy (non-hydrogen) atoms. The first-order chi connectivity index (χ1) is 9.60. The summed E-state index contributed by atoms with van der Waals surface area (Å²) in [6.07, 6.45) is 1.92. The van der Waals surface area contributed by atoms with Crippen molar-refractivity contribution in [2.75, 3.05) is 12.0 Å². The smallest absolute Gasteiger partial charge is 0.254 e. The third-order valence-corrected chi connectivity index (χ3v) is 3.80. The third kappa shape index (κ3) is 2.10. The molecule has 0 aliphatic heterocycles. The zero-order valence-electron chi connectivity index (χ0n) is 11.0. The van der Waals surface area contributed by atoms with Crippen molar-refractivity contribution in [2.24, 2.45) is 0 Å². The topological polar surface area (TPSA) is 69.1 Å². The summed E-state index contributed by atoms with van der Waals surface area (Å²) in [6.45, 7) is 1.90. The van der Waals surface area contributed by atoms with Crippen LogP contribution in [0.3, 0.4) is 0 Å². The molecule has 0 aliphatic rings. The summed E-state index contributed by atoms with van der Waals surface area (Å²) in [5, 5.41) is 5.66. The molecule has 1 aromatic carbocycles. The molecule has 2 heterocycles. The van der Waals surface area contributed by atoms with Gasteiger partial charge in [-0.1, -0.05) is 35.5 Å². The van der Waals surface area contributed by atoms with E-state index in [2.05, 4.69) is 15.1 Å². The van der Waals surface area contributed by atoms with Gasteiger partial charge in [-0.15, -0.1) is 5.10 Å². The van der Waals surface area contributed by atoms with Crippen molar-refractivity contribution < 1.29 is 0 Å². The summed E-state index contributed by atoms with van der Waals surface area (Å²) in [4.78, 5) is 8.86. The SMILES string of the molecule is CSc1nc2nc(-c3cccc(Cl)c3)c(N)c(C)n2n1. The van der Waals surface area contributed by atoms with Gasteiger partial charge in [-0.25, -0.2) is 4.98 Å². The van der Waals surface area contributed by atoms with E-state index in [4.69, 9.17) is 17.3 Å². The maximum absolute atomic E-state index is 6.18. The van der Waals surface area contributed by atoms with Gasteiger partial charge in [0.15, 0.2) is 0 Å². The summed E-state index contributed by atoms with van der Waals surface area (Å²) in [7, 11) is 0. The molecule has 3 rings (SSSR count). The summed E-state index contributed by atoms with van der Waals surface area (Å²) >= 11 is 7.49. The van der Waals surface area contributed by atoms with Gasteiger partial charge in [-0.05, 0) is 25.3 Å². The molecule has 2 N–H and O–H groups in total. The van der Waals surface area contributed by atoms with Crippen molar-refractivity contribution in [3.05, 3.63) is 35.0 Å². The fraction of sp³-hybridized carbons (Fsp3) is 0.154. The van der Waals surface area contributed by atoms with E-state index < -0.39 is 0 Å². The van der Waals surface area contributed by atoms with Gasteiger partial charge in [0.25, 0.3) is 5.78 Å². The Hall–Kier alpha value is -1.79. The molecule has 102 valence electrons. The lowest BCUT2D eigenvalue weighted by atomic mass is 10.1. The molecule has 5 nitrogen and oxygen atoms in total. The fourth-order valence-corrected chi connectivity index (χ4v) is 2.50. The standard InChI is InChI=1S/C13H12ClN5S/c1-7-10(15)11(8-4-3-5-9(14)6-8)16-12-17-13(20-2)18-19(7)12/h3-6H,15H2,1-2H3. The molecule has 0 bridgehead atoms. The first kappa shape index (κ1) is 13.2. The number of anilines is 1. The van der Waals surface area contributed by atoms with Crippen LogP contribution in [0.2, 0.25) is 5.02 Å². The number of aromatic nitrogens is 4. The van der Waals surface area contributed by atoms with Crippen molar-refractivity contribution in [1.82, 2.24) is 19.6 Å². The number of nitrogen functional groups attached to an aromatic ring is 1. The molecule has 0 amide bonds. The van der Waals surface area contributed by atoms with Crippen LogP contribution < -0.4 is 5.73 Å².